The van der Waals surface area contributed by atoms with Gasteiger partial charge in [-0.1, -0.05) is 66.7 Å². The Morgan fingerprint density at radius 3 is 2.11 bits per heavy atom. The van der Waals surface area contributed by atoms with Crippen LogP contribution in [0.1, 0.15) is 35.1 Å². The van der Waals surface area contributed by atoms with E-state index in [2.05, 4.69) is 49.0 Å². The first-order chi connectivity index (χ1) is 24.2. The lowest BCUT2D eigenvalue weighted by Gasteiger charge is -2.53. The minimum atomic E-state index is -4.58. The lowest BCUT2D eigenvalue weighted by atomic mass is 9.81. The number of hydrogen-bond acceptors (Lipinski definition) is 9. The highest BCUT2D eigenvalue weighted by molar-refractivity contribution is 5.86. The second kappa shape index (κ2) is 20.0. The zero-order valence-electron chi connectivity index (χ0n) is 29.4. The number of carbonyl (C=O) groups is 1. The van der Waals surface area contributed by atoms with Crippen LogP contribution in [0.2, 0.25) is 0 Å². The number of aromatic nitrogens is 3. The molecule has 2 fully saturated rings. The molecule has 0 spiro atoms. The zero-order chi connectivity index (χ0) is 35.1. The zero-order valence-corrected chi connectivity index (χ0v) is 31.8. The molecule has 2 aliphatic rings. The van der Waals surface area contributed by atoms with E-state index in [1.807, 2.05) is 53.4 Å². The number of ether oxygens (including phenoxy) is 3. The summed E-state index contributed by atoms with van der Waals surface area (Å²) in [5.41, 5.74) is 3.44. The van der Waals surface area contributed by atoms with Gasteiger partial charge in [0.05, 0.1) is 25.7 Å². The second-order valence-electron chi connectivity index (χ2n) is 12.5. The van der Waals surface area contributed by atoms with E-state index in [1.165, 1.54) is 7.11 Å². The molecule has 2 aromatic heterocycles. The quantitative estimate of drug-likeness (QED) is 0.165. The smallest absolute Gasteiger partial charge is 0.422 e. The molecule has 0 saturated carbocycles. The fraction of sp³-hybridized carbons (Fsp3) is 0.405. The maximum Gasteiger partial charge on any atom is 0.422 e. The number of carbonyl (C=O) groups excluding carboxylic acids is 1. The number of nitrogens with zero attached hydrogens (tertiary/aromatic N) is 6. The summed E-state index contributed by atoms with van der Waals surface area (Å²) in [6.45, 7) is 3.44. The fourth-order valence-corrected chi connectivity index (χ4v) is 7.03. The normalized spacial score (nSPS) is 17.4. The van der Waals surface area contributed by atoms with Gasteiger partial charge in [-0.05, 0) is 29.7 Å². The van der Waals surface area contributed by atoms with Gasteiger partial charge in [0.25, 0.3) is 0 Å². The number of benzene rings is 2. The first-order valence-electron chi connectivity index (χ1n) is 16.7. The third kappa shape index (κ3) is 11.1. The van der Waals surface area contributed by atoms with E-state index < -0.39 is 12.8 Å². The average Bonchev–Trinajstić information content (AvgIpc) is 3.12. The summed E-state index contributed by atoms with van der Waals surface area (Å²) in [5.74, 6) is -0.159. The van der Waals surface area contributed by atoms with E-state index >= 15 is 0 Å². The summed E-state index contributed by atoms with van der Waals surface area (Å²) in [6.07, 6.45) is -0.930. The van der Waals surface area contributed by atoms with Crippen LogP contribution in [0.3, 0.4) is 0 Å². The molecule has 4 aromatic rings. The number of rotatable bonds is 12. The van der Waals surface area contributed by atoms with Gasteiger partial charge in [-0.25, -0.2) is 0 Å². The highest BCUT2D eigenvalue weighted by atomic mass is 35.5. The van der Waals surface area contributed by atoms with Gasteiger partial charge in [0.15, 0.2) is 6.61 Å². The number of alkyl halides is 3. The molecule has 0 aliphatic carbocycles. The molecule has 4 heterocycles. The lowest BCUT2D eigenvalue weighted by Crippen LogP contribution is -2.67. The van der Waals surface area contributed by atoms with E-state index in [0.717, 1.165) is 16.7 Å². The summed E-state index contributed by atoms with van der Waals surface area (Å²) in [6, 6.07) is 24.1. The largest absolute Gasteiger partial charge is 0.481 e. The van der Waals surface area contributed by atoms with Crippen LogP contribution in [0.25, 0.3) is 0 Å². The number of halogens is 6. The first-order valence-corrected chi connectivity index (χ1v) is 16.7. The van der Waals surface area contributed by atoms with Crippen molar-refractivity contribution in [3.05, 3.63) is 107 Å². The van der Waals surface area contributed by atoms with Crippen molar-refractivity contribution in [2.45, 2.75) is 44.1 Å². The van der Waals surface area contributed by atoms with Crippen molar-refractivity contribution < 1.29 is 32.2 Å². The molecule has 1 unspecified atom stereocenters. The van der Waals surface area contributed by atoms with Crippen molar-refractivity contribution in [2.24, 2.45) is 0 Å². The number of piperazine rings is 2. The summed E-state index contributed by atoms with van der Waals surface area (Å²) >= 11 is 0. The molecular formula is C37H44Cl3F3N6O4. The van der Waals surface area contributed by atoms with E-state index in [9.17, 15) is 18.0 Å². The van der Waals surface area contributed by atoms with Crippen LogP contribution in [0.5, 0.6) is 17.8 Å². The highest BCUT2D eigenvalue weighted by Gasteiger charge is 2.43. The standard InChI is InChI=1S/C37H41F3N6O4.3ClH/c1-3-49-36-42-34(48-2)30(35(43-36)50-25-37(38,39)40)23-44-21-29-22-45(32(47)19-26-11-10-16-41-20-26)17-18-46(29)31(24-44)33(27-12-6-4-7-13-27)28-14-8-5-9-15-28;;;/h4-16,20,29,31,33H,3,17-19,21-25H2,1-2H3;3*1H/t29-,31?;;;/m1.../s1. The van der Waals surface area contributed by atoms with E-state index in [-0.39, 0.29) is 98.5 Å². The summed E-state index contributed by atoms with van der Waals surface area (Å²) in [4.78, 5) is 32.9. The van der Waals surface area contributed by atoms with Crippen LogP contribution in [-0.4, -0.2) is 107 Å². The number of fused-ring (bicyclic) bond motifs is 1. The Morgan fingerprint density at radius 2 is 1.53 bits per heavy atom. The molecule has 6 rings (SSSR count). The van der Waals surface area contributed by atoms with Gasteiger partial charge in [0.2, 0.25) is 17.7 Å². The lowest BCUT2D eigenvalue weighted by molar-refractivity contribution is -0.154. The number of hydrogen-bond donors (Lipinski definition) is 0. The van der Waals surface area contributed by atoms with Crippen molar-refractivity contribution in [2.75, 3.05) is 53.0 Å². The molecule has 0 N–H and O–H groups in total. The molecule has 0 radical (unpaired) electrons. The van der Waals surface area contributed by atoms with Crippen LogP contribution in [0.15, 0.2) is 85.2 Å². The second-order valence-corrected chi connectivity index (χ2v) is 12.5. The summed E-state index contributed by atoms with van der Waals surface area (Å²) in [7, 11) is 1.41. The third-order valence-corrected chi connectivity index (χ3v) is 9.13. The maximum atomic E-state index is 13.6. The minimum absolute atomic E-state index is 0. The summed E-state index contributed by atoms with van der Waals surface area (Å²) in [5, 5.41) is 0. The first kappa shape index (κ1) is 43.5. The Kier molecular flexibility index (Phi) is 16.4. The van der Waals surface area contributed by atoms with Crippen LogP contribution >= 0.6 is 37.2 Å². The Morgan fingerprint density at radius 1 is 0.868 bits per heavy atom. The molecule has 10 nitrogen and oxygen atoms in total. The molecule has 16 heteroatoms. The maximum absolute atomic E-state index is 13.6. The topological polar surface area (TPSA) is 93.2 Å². The van der Waals surface area contributed by atoms with Gasteiger partial charge in [-0.15, -0.1) is 37.2 Å². The van der Waals surface area contributed by atoms with Crippen molar-refractivity contribution in [1.82, 2.24) is 29.7 Å². The van der Waals surface area contributed by atoms with Gasteiger partial charge >= 0.3 is 12.2 Å². The van der Waals surface area contributed by atoms with Gasteiger partial charge in [0.1, 0.15) is 0 Å². The van der Waals surface area contributed by atoms with E-state index in [1.54, 1.807) is 19.3 Å². The van der Waals surface area contributed by atoms with Gasteiger partial charge in [-0.2, -0.15) is 23.1 Å². The highest BCUT2D eigenvalue weighted by Crippen LogP contribution is 2.38. The third-order valence-electron chi connectivity index (χ3n) is 9.13. The molecule has 288 valence electrons. The number of pyridine rings is 1. The number of methoxy groups -OCH3 is 1. The molecule has 2 aromatic carbocycles. The molecular weight excluding hydrogens is 756 g/mol. The molecule has 53 heavy (non-hydrogen) atoms. The molecule has 2 aliphatic heterocycles. The Balaban J connectivity index is 0.00000252. The molecule has 1 amide bonds. The van der Waals surface area contributed by atoms with Crippen molar-refractivity contribution in [3.8, 4) is 17.8 Å². The van der Waals surface area contributed by atoms with Gasteiger partial charge < -0.3 is 19.1 Å². The minimum Gasteiger partial charge on any atom is -0.481 e. The monoisotopic (exact) mass is 798 g/mol. The van der Waals surface area contributed by atoms with Crippen LogP contribution in [0, 0.1) is 0 Å². The predicted octanol–water partition coefficient (Wildman–Crippen LogP) is 6.26. The van der Waals surface area contributed by atoms with Crippen molar-refractivity contribution >= 4 is 43.1 Å². The summed E-state index contributed by atoms with van der Waals surface area (Å²) < 4.78 is 56.4. The Labute approximate surface area is 326 Å². The van der Waals surface area contributed by atoms with Crippen LogP contribution < -0.4 is 14.2 Å². The van der Waals surface area contributed by atoms with E-state index in [0.29, 0.717) is 38.3 Å². The van der Waals surface area contributed by atoms with Crippen molar-refractivity contribution in [1.29, 1.82) is 0 Å². The van der Waals surface area contributed by atoms with Gasteiger partial charge in [0, 0.05) is 69.7 Å². The van der Waals surface area contributed by atoms with Crippen LogP contribution in [-0.2, 0) is 17.8 Å². The Bertz CT molecular complexity index is 1680. The number of amides is 1. The SMILES string of the molecule is CCOc1nc(OC)c(CN2CC(C(c3ccccc3)c3ccccc3)N3CCN(C(=O)Cc4cccnc4)C[C@H]3C2)c(OCC(F)(F)F)n1.Cl.Cl.Cl. The molecule has 2 atom stereocenters. The molecule has 0 bridgehead atoms. The molecule has 2 saturated heterocycles. The predicted molar refractivity (Wildman–Crippen MR) is 202 cm³/mol. The van der Waals surface area contributed by atoms with E-state index in [4.69, 9.17) is 14.2 Å². The Hall–Kier alpha value is -3.88. The fourth-order valence-electron chi connectivity index (χ4n) is 7.03. The van der Waals surface area contributed by atoms with Gasteiger partial charge in [-0.3, -0.25) is 19.6 Å². The average molecular weight is 800 g/mol. The van der Waals surface area contributed by atoms with Crippen molar-refractivity contribution in [3.63, 3.8) is 0 Å². The van der Waals surface area contributed by atoms with Crippen LogP contribution in [0.4, 0.5) is 13.2 Å².